The molecule has 1 aromatic carbocycles. The summed E-state index contributed by atoms with van der Waals surface area (Å²) >= 11 is 0.963. The second kappa shape index (κ2) is 10.4. The number of nitro benzene ring substituents is 1. The van der Waals surface area contributed by atoms with E-state index in [2.05, 4.69) is 20.6 Å². The molecule has 0 unspecified atom stereocenters. The number of nitrogens with one attached hydrogen (secondary N) is 2. The molecule has 0 aliphatic rings. The summed E-state index contributed by atoms with van der Waals surface area (Å²) in [4.78, 5) is 17.7. The average molecular weight is 515 g/mol. The standard InChI is InChI=1S/C15H16F3N5O2S.HI/c1-19-14(21-8-10-2-4-11(5-3-10)23(24)25)20-7-6-13-22-12(9-26-13)15(16,17)18;/h2-5,9H,6-8H2,1H3,(H2,19,20,21);1H. The Bertz CT molecular complexity index is 781. The Hall–Kier alpha value is -1.96. The highest BCUT2D eigenvalue weighted by atomic mass is 127. The number of alkyl halides is 3. The minimum Gasteiger partial charge on any atom is -0.356 e. The van der Waals surface area contributed by atoms with E-state index < -0.39 is 16.8 Å². The van der Waals surface area contributed by atoms with E-state index in [0.717, 1.165) is 22.3 Å². The van der Waals surface area contributed by atoms with Gasteiger partial charge < -0.3 is 10.6 Å². The Morgan fingerprint density at radius 1 is 1.30 bits per heavy atom. The predicted octanol–water partition coefficient (Wildman–Crippen LogP) is 3.60. The molecule has 12 heteroatoms. The van der Waals surface area contributed by atoms with Crippen molar-refractivity contribution in [3.05, 3.63) is 56.0 Å². The van der Waals surface area contributed by atoms with Crippen molar-refractivity contribution in [2.24, 2.45) is 4.99 Å². The van der Waals surface area contributed by atoms with E-state index in [1.165, 1.54) is 12.1 Å². The monoisotopic (exact) mass is 515 g/mol. The lowest BCUT2D eigenvalue weighted by atomic mass is 10.2. The summed E-state index contributed by atoms with van der Waals surface area (Å²) in [5.41, 5.74) is -0.0376. The van der Waals surface area contributed by atoms with E-state index in [1.807, 2.05) is 0 Å². The van der Waals surface area contributed by atoms with Gasteiger partial charge in [-0.1, -0.05) is 12.1 Å². The maximum absolute atomic E-state index is 12.5. The molecule has 27 heavy (non-hydrogen) atoms. The first-order chi connectivity index (χ1) is 12.3. The number of benzene rings is 1. The Morgan fingerprint density at radius 3 is 2.48 bits per heavy atom. The molecule has 0 bridgehead atoms. The number of thiazole rings is 1. The van der Waals surface area contributed by atoms with Gasteiger partial charge >= 0.3 is 6.18 Å². The number of nitrogens with zero attached hydrogens (tertiary/aromatic N) is 3. The quantitative estimate of drug-likeness (QED) is 0.202. The Morgan fingerprint density at radius 2 is 1.96 bits per heavy atom. The van der Waals surface area contributed by atoms with Crippen molar-refractivity contribution in [2.45, 2.75) is 19.1 Å². The highest BCUT2D eigenvalue weighted by Crippen LogP contribution is 2.29. The van der Waals surface area contributed by atoms with Gasteiger partial charge in [0.05, 0.1) is 9.93 Å². The topological polar surface area (TPSA) is 92.5 Å². The molecule has 148 valence electrons. The lowest BCUT2D eigenvalue weighted by molar-refractivity contribution is -0.384. The second-order valence-corrected chi connectivity index (χ2v) is 6.09. The van der Waals surface area contributed by atoms with Gasteiger partial charge in [0.15, 0.2) is 11.7 Å². The molecule has 0 spiro atoms. The van der Waals surface area contributed by atoms with Crippen LogP contribution in [-0.2, 0) is 19.1 Å². The summed E-state index contributed by atoms with van der Waals surface area (Å²) in [6.45, 7) is 0.762. The summed E-state index contributed by atoms with van der Waals surface area (Å²) in [6, 6.07) is 6.08. The zero-order valence-corrected chi connectivity index (χ0v) is 17.3. The molecule has 0 saturated heterocycles. The zero-order valence-electron chi connectivity index (χ0n) is 14.1. The normalized spacial score (nSPS) is 11.6. The van der Waals surface area contributed by atoms with E-state index in [4.69, 9.17) is 0 Å². The van der Waals surface area contributed by atoms with E-state index >= 15 is 0 Å². The number of hydrogen-bond donors (Lipinski definition) is 2. The lowest BCUT2D eigenvalue weighted by Crippen LogP contribution is -2.37. The first kappa shape index (κ1) is 23.1. The zero-order chi connectivity index (χ0) is 19.2. The fourth-order valence-electron chi connectivity index (χ4n) is 1.99. The highest BCUT2D eigenvalue weighted by molar-refractivity contribution is 14.0. The molecule has 0 aliphatic heterocycles. The second-order valence-electron chi connectivity index (χ2n) is 5.15. The van der Waals surface area contributed by atoms with E-state index in [0.29, 0.717) is 30.5 Å². The maximum atomic E-state index is 12.5. The number of non-ortho nitro benzene ring substituents is 1. The van der Waals surface area contributed by atoms with Crippen LogP contribution in [0, 0.1) is 10.1 Å². The van der Waals surface area contributed by atoms with Crippen LogP contribution in [0.4, 0.5) is 18.9 Å². The van der Waals surface area contributed by atoms with Crippen LogP contribution in [0.5, 0.6) is 0 Å². The van der Waals surface area contributed by atoms with Crippen molar-refractivity contribution in [3.63, 3.8) is 0 Å². The molecule has 2 aromatic rings. The lowest BCUT2D eigenvalue weighted by Gasteiger charge is -2.11. The summed E-state index contributed by atoms with van der Waals surface area (Å²) < 4.78 is 37.5. The molecule has 0 saturated carbocycles. The summed E-state index contributed by atoms with van der Waals surface area (Å²) in [6.07, 6.45) is -4.09. The molecule has 0 fully saturated rings. The van der Waals surface area contributed by atoms with Crippen LogP contribution in [0.25, 0.3) is 0 Å². The first-order valence-electron chi connectivity index (χ1n) is 7.49. The highest BCUT2D eigenvalue weighted by Gasteiger charge is 2.33. The molecular formula is C15H17F3IN5O2S. The number of hydrogen-bond acceptors (Lipinski definition) is 5. The molecule has 0 radical (unpaired) electrons. The van der Waals surface area contributed by atoms with Crippen molar-refractivity contribution in [3.8, 4) is 0 Å². The summed E-state index contributed by atoms with van der Waals surface area (Å²) in [5.74, 6) is 0.468. The van der Waals surface area contributed by atoms with Crippen molar-refractivity contribution in [2.75, 3.05) is 13.6 Å². The number of rotatable bonds is 6. The minimum atomic E-state index is -4.43. The molecule has 2 rings (SSSR count). The van der Waals surface area contributed by atoms with Gasteiger partial charge in [-0.25, -0.2) is 4.98 Å². The number of aromatic nitrogens is 1. The molecule has 0 atom stereocenters. The molecule has 1 aromatic heterocycles. The summed E-state index contributed by atoms with van der Waals surface area (Å²) in [5, 5.41) is 18.0. The first-order valence-corrected chi connectivity index (χ1v) is 8.37. The number of halogens is 4. The Kier molecular flexibility index (Phi) is 8.88. The number of aliphatic imine (C=N–C) groups is 1. The van der Waals surface area contributed by atoms with Crippen LogP contribution in [-0.4, -0.2) is 29.5 Å². The van der Waals surface area contributed by atoms with Gasteiger partial charge in [-0.05, 0) is 5.56 Å². The van der Waals surface area contributed by atoms with Crippen molar-refractivity contribution >= 4 is 47.0 Å². The van der Waals surface area contributed by atoms with Crippen LogP contribution >= 0.6 is 35.3 Å². The van der Waals surface area contributed by atoms with Gasteiger partial charge in [0, 0.05) is 44.1 Å². The molecule has 0 aliphatic carbocycles. The largest absolute Gasteiger partial charge is 0.434 e. The predicted molar refractivity (Wildman–Crippen MR) is 108 cm³/mol. The van der Waals surface area contributed by atoms with Gasteiger partial charge in [0.2, 0.25) is 0 Å². The number of nitro groups is 1. The smallest absolute Gasteiger partial charge is 0.356 e. The number of guanidine groups is 1. The van der Waals surface area contributed by atoms with Crippen molar-refractivity contribution in [1.82, 2.24) is 15.6 Å². The van der Waals surface area contributed by atoms with Crippen LogP contribution in [0.3, 0.4) is 0 Å². The van der Waals surface area contributed by atoms with Crippen LogP contribution in [0.15, 0.2) is 34.6 Å². The van der Waals surface area contributed by atoms with Crippen LogP contribution in [0.2, 0.25) is 0 Å². The molecule has 0 amide bonds. The van der Waals surface area contributed by atoms with E-state index in [9.17, 15) is 23.3 Å². The van der Waals surface area contributed by atoms with Gasteiger partial charge in [0.1, 0.15) is 0 Å². The third-order valence-corrected chi connectivity index (χ3v) is 4.21. The van der Waals surface area contributed by atoms with Gasteiger partial charge in [-0.2, -0.15) is 13.2 Å². The van der Waals surface area contributed by atoms with Crippen molar-refractivity contribution in [1.29, 1.82) is 0 Å². The van der Waals surface area contributed by atoms with Gasteiger partial charge in [0.25, 0.3) is 5.69 Å². The Balaban J connectivity index is 0.00000364. The fraction of sp³-hybridized carbons (Fsp3) is 0.333. The molecule has 2 N–H and O–H groups in total. The van der Waals surface area contributed by atoms with Gasteiger partial charge in [-0.3, -0.25) is 15.1 Å². The fourth-order valence-corrected chi connectivity index (χ4v) is 2.79. The SMILES string of the molecule is CN=C(NCCc1nc(C(F)(F)F)cs1)NCc1ccc([N+](=O)[O-])cc1.I. The average Bonchev–Trinajstić information content (AvgIpc) is 3.07. The molecule has 7 nitrogen and oxygen atoms in total. The third kappa shape index (κ3) is 7.28. The molecule has 1 heterocycles. The minimum absolute atomic E-state index is 0. The Labute approximate surface area is 174 Å². The summed E-state index contributed by atoms with van der Waals surface area (Å²) in [7, 11) is 1.57. The third-order valence-electron chi connectivity index (χ3n) is 3.30. The maximum Gasteiger partial charge on any atom is 0.434 e. The van der Waals surface area contributed by atoms with Crippen LogP contribution < -0.4 is 10.6 Å². The van der Waals surface area contributed by atoms with Crippen molar-refractivity contribution < 1.29 is 18.1 Å². The molecular weight excluding hydrogens is 498 g/mol. The van der Waals surface area contributed by atoms with E-state index in [-0.39, 0.29) is 29.7 Å². The van der Waals surface area contributed by atoms with Gasteiger partial charge in [-0.15, -0.1) is 35.3 Å². The van der Waals surface area contributed by atoms with Crippen LogP contribution in [0.1, 0.15) is 16.3 Å². The van der Waals surface area contributed by atoms with E-state index in [1.54, 1.807) is 19.2 Å².